The molecule has 3 saturated carbocycles. The summed E-state index contributed by atoms with van der Waals surface area (Å²) in [5, 5.41) is 12.9. The number of rotatable bonds is 8. The quantitative estimate of drug-likeness (QED) is 0.0645. The molecule has 9 aromatic rings. The van der Waals surface area contributed by atoms with E-state index in [9.17, 15) is 19.5 Å². The van der Waals surface area contributed by atoms with Gasteiger partial charge in [0.05, 0.1) is 71.5 Å². The van der Waals surface area contributed by atoms with E-state index in [2.05, 4.69) is 131 Å². The van der Waals surface area contributed by atoms with Gasteiger partial charge in [-0.05, 0) is 201 Å². The molecule has 0 bridgehead atoms. The number of aryl methyl sites for hydroxylation is 3. The molecular weight excluding hydrogens is 1530 g/mol. The summed E-state index contributed by atoms with van der Waals surface area (Å²) < 4.78 is 31.1. The monoisotopic (exact) mass is 1600 g/mol. The Kier molecular flexibility index (Phi) is 26.0. The molecule has 0 spiro atoms. The van der Waals surface area contributed by atoms with Crippen molar-refractivity contribution in [2.24, 2.45) is 21.1 Å². The second-order valence-electron chi connectivity index (χ2n) is 23.4. The van der Waals surface area contributed by atoms with E-state index in [0.29, 0.717) is 53.8 Å². The van der Waals surface area contributed by atoms with E-state index in [0.717, 1.165) is 68.0 Å². The number of aromatic nitrogens is 9. The third-order valence-electron chi connectivity index (χ3n) is 17.6. The van der Waals surface area contributed by atoms with E-state index < -0.39 is 5.97 Å². The molecule has 18 nitrogen and oxygen atoms in total. The zero-order chi connectivity index (χ0) is 63.2. The second-order valence-corrected chi connectivity index (χ2v) is 27.8. The van der Waals surface area contributed by atoms with Crippen molar-refractivity contribution in [1.29, 1.82) is 0 Å². The summed E-state index contributed by atoms with van der Waals surface area (Å²) in [5.74, 6) is 1.49. The van der Waals surface area contributed by atoms with Gasteiger partial charge in [-0.3, -0.25) is 0 Å². The number of hydrogen-bond acceptors (Lipinski definition) is 14. The predicted octanol–water partition coefficient (Wildman–Crippen LogP) is 13.5. The van der Waals surface area contributed by atoms with Gasteiger partial charge in [-0.2, -0.15) is 0 Å². The van der Waals surface area contributed by atoms with Gasteiger partial charge in [0.25, 0.3) is 0 Å². The van der Waals surface area contributed by atoms with Gasteiger partial charge in [0, 0.05) is 114 Å². The summed E-state index contributed by atoms with van der Waals surface area (Å²) in [6, 6.07) is 17.0. The summed E-state index contributed by atoms with van der Waals surface area (Å²) in [5.41, 5.74) is 10.2. The minimum absolute atomic E-state index is 0. The van der Waals surface area contributed by atoms with Crippen LogP contribution in [0.5, 0.6) is 0 Å². The Bertz CT molecular complexity index is 3950. The Labute approximate surface area is 594 Å². The van der Waals surface area contributed by atoms with Crippen molar-refractivity contribution >= 4 is 145 Å². The molecule has 3 aromatic carbocycles. The topological polar surface area (TPSA) is 230 Å². The van der Waals surface area contributed by atoms with Crippen LogP contribution in [0, 0.1) is 3.83 Å². The fraction of sp³-hybridized carbons (Fsp3) is 0.400. The molecule has 3 aliphatic carbocycles. The number of aromatic carboxylic acids is 1. The van der Waals surface area contributed by atoms with Crippen molar-refractivity contribution in [3.8, 4) is 23.0 Å². The Balaban J connectivity index is 0.000000169. The molecule has 4 fully saturated rings. The van der Waals surface area contributed by atoms with E-state index in [1.54, 1.807) is 49.3 Å². The Morgan fingerprint density at radius 2 is 0.844 bits per heavy atom. The number of methoxy groups -OCH3 is 2. The van der Waals surface area contributed by atoms with Gasteiger partial charge in [-0.15, -0.1) is 0 Å². The van der Waals surface area contributed by atoms with Crippen LogP contribution in [-0.2, 0) is 39.9 Å². The average molecular weight is 1600 g/mol. The molecule has 1 aliphatic heterocycles. The largest absolute Gasteiger partial charge is 1.00 e. The van der Waals surface area contributed by atoms with Crippen LogP contribution < -0.4 is 29.6 Å². The molecule has 1 saturated heterocycles. The van der Waals surface area contributed by atoms with Crippen molar-refractivity contribution < 1.29 is 73.3 Å². The number of hydrogen-bond donors (Lipinski definition) is 1. The number of carbonyl (C=O) groups is 3. The maximum Gasteiger partial charge on any atom is 1.00 e. The molecule has 2 N–H and O–H groups in total. The summed E-state index contributed by atoms with van der Waals surface area (Å²) >= 11 is 15.8. The third-order valence-corrected chi connectivity index (χ3v) is 20.3. The van der Waals surface area contributed by atoms with Crippen molar-refractivity contribution in [3.05, 3.63) is 147 Å². The fourth-order valence-corrected chi connectivity index (χ4v) is 13.8. The van der Waals surface area contributed by atoms with Crippen LogP contribution in [0.15, 0.2) is 110 Å². The van der Waals surface area contributed by atoms with Crippen LogP contribution in [-0.4, -0.2) is 105 Å². The molecular formula is C65H72BBr4IN9NaO9. The van der Waals surface area contributed by atoms with Crippen LogP contribution in [0.1, 0.15) is 170 Å². The minimum atomic E-state index is -0.910. The van der Waals surface area contributed by atoms with Gasteiger partial charge < -0.3 is 43.1 Å². The number of nitrogens with zero attached hydrogens (tertiary/aromatic N) is 9. The van der Waals surface area contributed by atoms with Gasteiger partial charge in [-0.25, -0.2) is 44.3 Å². The third kappa shape index (κ3) is 16.3. The van der Waals surface area contributed by atoms with Gasteiger partial charge in [0.1, 0.15) is 0 Å². The molecule has 7 heterocycles. The Hall–Kier alpha value is -4.48. The smallest absolute Gasteiger partial charge is 0.870 e. The normalized spacial score (nSPS) is 15.8. The SMILES string of the molecule is Brc1cnc(I)nc1.CC1(C)OBOC1(C)C.COC(=O)c1ccc2c(C3CCCC3)c(-c3ncc(Br)cn3)n(C)c2c1.COC(=O)c1ccc2c(C3CCCC3)c(Br)n(C)c2c1.Cn1c(-c2ncc(Br)cn2)c(C2CCCC2)c2ccc(C(=O)O)cc21.[Na+].[OH-]. The van der Waals surface area contributed by atoms with Crippen LogP contribution in [0.4, 0.5) is 0 Å². The number of carbonyl (C=O) groups excluding carboxylic acids is 2. The van der Waals surface area contributed by atoms with Crippen LogP contribution in [0.2, 0.25) is 0 Å². The number of halogens is 5. The minimum Gasteiger partial charge on any atom is -0.870 e. The molecule has 0 amide bonds. The Morgan fingerprint density at radius 3 is 1.17 bits per heavy atom. The molecule has 25 heteroatoms. The number of carboxylic acid groups (broad SMARTS) is 1. The number of fused-ring (bicyclic) bond motifs is 3. The van der Waals surface area contributed by atoms with E-state index in [4.69, 9.17) is 18.8 Å². The average Bonchev–Trinajstić information content (AvgIpc) is 1.72. The molecule has 0 radical (unpaired) electrons. The first-order chi connectivity index (χ1) is 42.0. The molecule has 470 valence electrons. The van der Waals surface area contributed by atoms with Gasteiger partial charge in [0.15, 0.2) is 15.5 Å². The Morgan fingerprint density at radius 1 is 0.533 bits per heavy atom. The van der Waals surface area contributed by atoms with E-state index in [1.165, 1.54) is 106 Å². The van der Waals surface area contributed by atoms with Gasteiger partial charge in [0.2, 0.25) is 0 Å². The van der Waals surface area contributed by atoms with Crippen molar-refractivity contribution in [2.45, 2.75) is 134 Å². The van der Waals surface area contributed by atoms with E-state index in [1.807, 2.05) is 89.8 Å². The van der Waals surface area contributed by atoms with Crippen molar-refractivity contribution in [1.82, 2.24) is 43.6 Å². The molecule has 13 rings (SSSR count). The maximum atomic E-state index is 12.0. The van der Waals surface area contributed by atoms with Crippen LogP contribution in [0.25, 0.3) is 55.7 Å². The summed E-state index contributed by atoms with van der Waals surface area (Å²) in [6.07, 6.45) is 25.3. The van der Waals surface area contributed by atoms with Crippen molar-refractivity contribution in [3.63, 3.8) is 0 Å². The van der Waals surface area contributed by atoms with Gasteiger partial charge in [-0.1, -0.05) is 56.7 Å². The maximum absolute atomic E-state index is 12.0. The number of esters is 2. The van der Waals surface area contributed by atoms with Gasteiger partial charge >= 0.3 is 55.2 Å². The van der Waals surface area contributed by atoms with Crippen LogP contribution in [0.3, 0.4) is 0 Å². The number of benzene rings is 3. The van der Waals surface area contributed by atoms with Crippen molar-refractivity contribution in [2.75, 3.05) is 14.2 Å². The van der Waals surface area contributed by atoms with Crippen LogP contribution >= 0.6 is 86.3 Å². The first kappa shape index (κ1) is 72.9. The molecule has 6 aromatic heterocycles. The van der Waals surface area contributed by atoms with E-state index >= 15 is 0 Å². The van der Waals surface area contributed by atoms with E-state index in [-0.39, 0.29) is 58.2 Å². The molecule has 4 aliphatic rings. The predicted molar refractivity (Wildman–Crippen MR) is 369 cm³/mol. The zero-order valence-corrected chi connectivity index (χ0v) is 62.8. The molecule has 90 heavy (non-hydrogen) atoms. The molecule has 0 atom stereocenters. The fourth-order valence-electron chi connectivity index (χ4n) is 12.2. The number of ether oxygens (including phenoxy) is 2. The summed E-state index contributed by atoms with van der Waals surface area (Å²) in [7, 11) is 9.27. The summed E-state index contributed by atoms with van der Waals surface area (Å²) in [4.78, 5) is 60.9. The zero-order valence-electron chi connectivity index (χ0n) is 52.3. The summed E-state index contributed by atoms with van der Waals surface area (Å²) in [6.45, 7) is 8.17. The standard InChI is InChI=1S/C20H20BrN3O2.C19H18BrN3O2.C16H18BrNO2.C6H13BO2.C4H2BrIN2.Na.H2O/c1-24-16-9-13(20(25)26-2)7-8-15(16)17(12-5-3-4-6-12)18(24)19-22-10-14(21)11-23-19;1-23-15-8-12(19(24)25)6-7-14(15)16(11-4-2-3-5-11)17(23)18-21-9-13(20)10-22-18;1-18-13-9-11(16(19)20-2)7-8-12(13)14(15(18)17)10-5-3-4-6-10;1-5(2)6(3,4)9-7-8-5;5-3-1-7-4(6)8-2-3;;/h7-12H,3-6H2,1-2H3;6-11H,2-5H2,1H3,(H,24,25);7-10H,3-6H2,1-2H3;7H,1-4H3;1-2H;;1H2/q;;;;;+1;/p-1. The molecule has 0 unspecified atom stereocenters. The first-order valence-electron chi connectivity index (χ1n) is 29.3. The first-order valence-corrected chi connectivity index (χ1v) is 33.6. The number of carboxylic acids is 1. The second kappa shape index (κ2) is 32.1.